The van der Waals surface area contributed by atoms with Gasteiger partial charge in [-0.3, -0.25) is 4.79 Å². The number of hydrogen-bond acceptors (Lipinski definition) is 3. The predicted octanol–water partition coefficient (Wildman–Crippen LogP) is 4.66. The molecule has 1 atom stereocenters. The second-order valence-corrected chi connectivity index (χ2v) is 6.22. The van der Waals surface area contributed by atoms with E-state index in [0.717, 1.165) is 28.7 Å². The number of hydrogen-bond donors (Lipinski definition) is 1. The van der Waals surface area contributed by atoms with E-state index in [2.05, 4.69) is 5.32 Å². The molecule has 0 saturated heterocycles. The fourth-order valence-corrected chi connectivity index (χ4v) is 2.88. The summed E-state index contributed by atoms with van der Waals surface area (Å²) >= 11 is 0. The summed E-state index contributed by atoms with van der Waals surface area (Å²) in [6, 6.07) is 17.1. The summed E-state index contributed by atoms with van der Waals surface area (Å²) in [5.74, 6) is -1.28. The van der Waals surface area contributed by atoms with Gasteiger partial charge in [0.1, 0.15) is 23.4 Å². The van der Waals surface area contributed by atoms with Gasteiger partial charge in [0.15, 0.2) is 0 Å². The average molecular weight is 380 g/mol. The molecule has 0 heterocycles. The Bertz CT molecular complexity index is 1030. The van der Waals surface area contributed by atoms with Crippen molar-refractivity contribution in [3.63, 3.8) is 0 Å². The Morgan fingerprint density at radius 1 is 1.11 bits per heavy atom. The summed E-state index contributed by atoms with van der Waals surface area (Å²) in [7, 11) is 0. The zero-order chi connectivity index (χ0) is 19.9. The van der Waals surface area contributed by atoms with Gasteiger partial charge in [0.25, 0.3) is 0 Å². The number of nitrogens with zero attached hydrogens (tertiary/aromatic N) is 1. The number of rotatable bonds is 7. The zero-order valence-electron chi connectivity index (χ0n) is 15.0. The Balaban J connectivity index is 1.52. The third kappa shape index (κ3) is 4.63. The molecule has 1 N–H and O–H groups in total. The molecular weight excluding hydrogens is 362 g/mol. The quantitative estimate of drug-likeness (QED) is 0.607. The van der Waals surface area contributed by atoms with E-state index in [0.29, 0.717) is 19.1 Å². The highest BCUT2D eigenvalue weighted by Crippen LogP contribution is 2.25. The van der Waals surface area contributed by atoms with Crippen LogP contribution >= 0.6 is 0 Å². The summed E-state index contributed by atoms with van der Waals surface area (Å²) in [6.07, 6.45) is 0.546. The van der Waals surface area contributed by atoms with E-state index in [1.165, 1.54) is 0 Å². The maximum atomic E-state index is 13.8. The second-order valence-electron chi connectivity index (χ2n) is 6.22. The van der Waals surface area contributed by atoms with Gasteiger partial charge in [-0.05, 0) is 23.9 Å². The molecular formula is C22H18F2N2O2. The summed E-state index contributed by atoms with van der Waals surface area (Å²) < 4.78 is 32.6. The molecule has 28 heavy (non-hydrogen) atoms. The molecule has 0 aromatic heterocycles. The van der Waals surface area contributed by atoms with Gasteiger partial charge < -0.3 is 10.1 Å². The van der Waals surface area contributed by atoms with Crippen LogP contribution in [0.3, 0.4) is 0 Å². The lowest BCUT2D eigenvalue weighted by Gasteiger charge is -2.13. The van der Waals surface area contributed by atoms with Crippen LogP contribution < -0.4 is 10.1 Å². The van der Waals surface area contributed by atoms with Crippen LogP contribution in [0.4, 0.5) is 8.78 Å². The van der Waals surface area contributed by atoms with Gasteiger partial charge in [-0.2, -0.15) is 5.26 Å². The van der Waals surface area contributed by atoms with Crippen LogP contribution in [0.5, 0.6) is 5.75 Å². The number of fused-ring (bicyclic) bond motifs is 1. The molecule has 3 rings (SSSR count). The minimum Gasteiger partial charge on any atom is -0.493 e. The first-order valence-electron chi connectivity index (χ1n) is 8.83. The van der Waals surface area contributed by atoms with Crippen LogP contribution in [0.1, 0.15) is 24.4 Å². The molecule has 6 heteroatoms. The molecule has 1 unspecified atom stereocenters. The number of carbonyl (C=O) groups is 1. The minimum atomic E-state index is -1.17. The maximum Gasteiger partial charge on any atom is 0.221 e. The summed E-state index contributed by atoms with van der Waals surface area (Å²) in [4.78, 5) is 12.1. The van der Waals surface area contributed by atoms with Crippen LogP contribution in [-0.4, -0.2) is 12.5 Å². The van der Waals surface area contributed by atoms with Crippen molar-refractivity contribution < 1.29 is 18.3 Å². The molecule has 0 saturated carbocycles. The van der Waals surface area contributed by atoms with Crippen molar-refractivity contribution in [2.45, 2.75) is 18.9 Å². The summed E-state index contributed by atoms with van der Waals surface area (Å²) in [5, 5.41) is 13.7. The molecule has 1 amide bonds. The van der Waals surface area contributed by atoms with E-state index < -0.39 is 23.6 Å². The number of nitriles is 1. The molecule has 0 aliphatic rings. The average Bonchev–Trinajstić information content (AvgIpc) is 2.70. The first-order valence-corrected chi connectivity index (χ1v) is 8.83. The number of nitrogens with one attached hydrogen (secondary N) is 1. The van der Waals surface area contributed by atoms with Gasteiger partial charge in [0.05, 0.1) is 12.7 Å². The van der Waals surface area contributed by atoms with E-state index in [-0.39, 0.29) is 12.0 Å². The third-order valence-electron chi connectivity index (χ3n) is 4.26. The monoisotopic (exact) mass is 380 g/mol. The van der Waals surface area contributed by atoms with Gasteiger partial charge in [-0.25, -0.2) is 8.78 Å². The van der Waals surface area contributed by atoms with Crippen molar-refractivity contribution in [2.75, 3.05) is 6.61 Å². The summed E-state index contributed by atoms with van der Waals surface area (Å²) in [5.41, 5.74) is -0.0655. The number of carbonyl (C=O) groups excluding carboxylic acids is 1. The Morgan fingerprint density at radius 3 is 2.68 bits per heavy atom. The third-order valence-corrected chi connectivity index (χ3v) is 4.26. The minimum absolute atomic E-state index is 0.0655. The number of ether oxygens (including phenoxy) is 1. The lowest BCUT2D eigenvalue weighted by molar-refractivity contribution is -0.121. The molecule has 0 bridgehead atoms. The number of halogens is 2. The number of benzene rings is 3. The van der Waals surface area contributed by atoms with Crippen molar-refractivity contribution in [1.82, 2.24) is 5.32 Å². The van der Waals surface area contributed by atoms with Crippen LogP contribution in [0.15, 0.2) is 60.7 Å². The topological polar surface area (TPSA) is 62.1 Å². The first kappa shape index (κ1) is 19.3. The largest absolute Gasteiger partial charge is 0.493 e. The molecule has 0 radical (unpaired) electrons. The van der Waals surface area contributed by atoms with Gasteiger partial charge in [-0.1, -0.05) is 42.5 Å². The molecule has 4 nitrogen and oxygen atoms in total. The Morgan fingerprint density at radius 2 is 1.89 bits per heavy atom. The maximum absolute atomic E-state index is 13.8. The van der Waals surface area contributed by atoms with Crippen molar-refractivity contribution >= 4 is 16.7 Å². The van der Waals surface area contributed by atoms with Crippen molar-refractivity contribution in [2.24, 2.45) is 0 Å². The molecule has 0 aliphatic heterocycles. The van der Waals surface area contributed by atoms with Gasteiger partial charge >= 0.3 is 0 Å². The first-order chi connectivity index (χ1) is 13.6. The lowest BCUT2D eigenvalue weighted by Crippen LogP contribution is -2.28. The van der Waals surface area contributed by atoms with Crippen LogP contribution in [0.2, 0.25) is 0 Å². The Kier molecular flexibility index (Phi) is 6.18. The highest BCUT2D eigenvalue weighted by Gasteiger charge is 2.18. The predicted molar refractivity (Wildman–Crippen MR) is 102 cm³/mol. The Labute approximate surface area is 161 Å². The summed E-state index contributed by atoms with van der Waals surface area (Å²) in [6.45, 7) is 0.323. The highest BCUT2D eigenvalue weighted by molar-refractivity contribution is 5.88. The lowest BCUT2D eigenvalue weighted by atomic mass is 10.1. The van der Waals surface area contributed by atoms with E-state index in [1.807, 2.05) is 48.5 Å². The molecule has 0 spiro atoms. The zero-order valence-corrected chi connectivity index (χ0v) is 15.0. The van der Waals surface area contributed by atoms with E-state index >= 15 is 0 Å². The number of amides is 1. The highest BCUT2D eigenvalue weighted by atomic mass is 19.1. The molecule has 142 valence electrons. The van der Waals surface area contributed by atoms with E-state index in [1.54, 1.807) is 0 Å². The standard InChI is InChI=1S/C22H18F2N2O2/c23-16-10-11-18(19(24)13-16)20(14-25)26-22(27)9-4-12-28-21-8-3-6-15-5-1-2-7-17(15)21/h1-3,5-8,10-11,13,20H,4,9,12H2,(H,26,27). The van der Waals surface area contributed by atoms with Crippen LogP contribution in [-0.2, 0) is 4.79 Å². The fourth-order valence-electron chi connectivity index (χ4n) is 2.88. The van der Waals surface area contributed by atoms with Crippen molar-refractivity contribution in [3.8, 4) is 11.8 Å². The van der Waals surface area contributed by atoms with Gasteiger partial charge in [0, 0.05) is 23.4 Å². The van der Waals surface area contributed by atoms with Crippen LogP contribution in [0, 0.1) is 23.0 Å². The molecule has 3 aromatic carbocycles. The normalized spacial score (nSPS) is 11.6. The molecule has 3 aromatic rings. The Hall–Kier alpha value is -3.46. The second kappa shape index (κ2) is 8.96. The van der Waals surface area contributed by atoms with E-state index in [9.17, 15) is 18.8 Å². The van der Waals surface area contributed by atoms with Crippen LogP contribution in [0.25, 0.3) is 10.8 Å². The SMILES string of the molecule is N#CC(NC(=O)CCCOc1cccc2ccccc12)c1ccc(F)cc1F. The van der Waals surface area contributed by atoms with E-state index in [4.69, 9.17) is 4.74 Å². The smallest absolute Gasteiger partial charge is 0.221 e. The molecule has 0 aliphatic carbocycles. The van der Waals surface area contributed by atoms with Gasteiger partial charge in [0.2, 0.25) is 5.91 Å². The van der Waals surface area contributed by atoms with Crippen molar-refractivity contribution in [3.05, 3.63) is 77.9 Å². The molecule has 0 fully saturated rings. The van der Waals surface area contributed by atoms with Crippen molar-refractivity contribution in [1.29, 1.82) is 5.26 Å². The van der Waals surface area contributed by atoms with Gasteiger partial charge in [-0.15, -0.1) is 0 Å². The fraction of sp³-hybridized carbons (Fsp3) is 0.182.